The predicted octanol–water partition coefficient (Wildman–Crippen LogP) is 2.67. The summed E-state index contributed by atoms with van der Waals surface area (Å²) in [6, 6.07) is 0. The summed E-state index contributed by atoms with van der Waals surface area (Å²) in [6.07, 6.45) is 6.39. The Labute approximate surface area is 88.8 Å². The summed E-state index contributed by atoms with van der Waals surface area (Å²) >= 11 is 0. The van der Waals surface area contributed by atoms with Crippen molar-refractivity contribution in [1.82, 2.24) is 5.16 Å². The van der Waals surface area contributed by atoms with Gasteiger partial charge in [0.15, 0.2) is 5.78 Å². The minimum atomic E-state index is -0.0523. The molecule has 0 aliphatic heterocycles. The third kappa shape index (κ3) is 1.12. The molecule has 80 valence electrons. The molecule has 0 N–H and O–H groups in total. The lowest BCUT2D eigenvalue weighted by Crippen LogP contribution is -2.33. The molecule has 0 saturated heterocycles. The summed E-state index contributed by atoms with van der Waals surface area (Å²) in [5.74, 6) is 1.12. The van der Waals surface area contributed by atoms with Gasteiger partial charge >= 0.3 is 0 Å². The number of carbonyl (C=O) groups excluding carboxylic acids is 1. The number of ketones is 1. The number of rotatable bonds is 0. The second kappa shape index (κ2) is 2.94. The highest BCUT2D eigenvalue weighted by Gasteiger charge is 2.46. The predicted molar refractivity (Wildman–Crippen MR) is 54.8 cm³/mol. The molecule has 1 spiro atoms. The maximum absolute atomic E-state index is 12.4. The Morgan fingerprint density at radius 2 is 2.00 bits per heavy atom. The molecule has 1 heterocycles. The molecule has 2 aliphatic carbocycles. The average molecular weight is 205 g/mol. The zero-order chi connectivity index (χ0) is 10.5. The lowest BCUT2D eigenvalue weighted by molar-refractivity contribution is 0.0756. The van der Waals surface area contributed by atoms with Gasteiger partial charge in [0.25, 0.3) is 0 Å². The largest absolute Gasteiger partial charge is 0.360 e. The van der Waals surface area contributed by atoms with E-state index in [4.69, 9.17) is 4.52 Å². The number of Topliss-reactive ketones (excluding diaryl/α,β-unsaturated/α-hetero) is 1. The highest BCUT2D eigenvalue weighted by molar-refractivity contribution is 6.03. The number of hydrogen-bond acceptors (Lipinski definition) is 3. The Kier molecular flexibility index (Phi) is 1.79. The maximum atomic E-state index is 12.4. The van der Waals surface area contributed by atoms with E-state index in [0.717, 1.165) is 42.7 Å². The third-order valence-corrected chi connectivity index (χ3v) is 4.03. The summed E-state index contributed by atoms with van der Waals surface area (Å²) in [6.45, 7) is 1.87. The third-order valence-electron chi connectivity index (χ3n) is 4.03. The Morgan fingerprint density at radius 3 is 2.73 bits per heavy atom. The fraction of sp³-hybridized carbons (Fsp3) is 0.667. The fourth-order valence-electron chi connectivity index (χ4n) is 3.14. The normalized spacial score (nSPS) is 23.4. The summed E-state index contributed by atoms with van der Waals surface area (Å²) in [4.78, 5) is 12.4. The van der Waals surface area contributed by atoms with Crippen molar-refractivity contribution in [3.8, 4) is 0 Å². The molecule has 3 nitrogen and oxygen atoms in total. The molecule has 1 fully saturated rings. The van der Waals surface area contributed by atoms with Crippen LogP contribution in [-0.2, 0) is 6.42 Å². The molecule has 0 amide bonds. The van der Waals surface area contributed by atoms with Crippen molar-refractivity contribution in [2.24, 2.45) is 5.41 Å². The number of carbonyl (C=O) groups is 1. The topological polar surface area (TPSA) is 43.1 Å². The van der Waals surface area contributed by atoms with E-state index in [1.165, 1.54) is 12.8 Å². The van der Waals surface area contributed by atoms with Gasteiger partial charge in [-0.3, -0.25) is 4.79 Å². The number of aromatic nitrogens is 1. The van der Waals surface area contributed by atoms with E-state index in [0.29, 0.717) is 5.78 Å². The van der Waals surface area contributed by atoms with Crippen LogP contribution in [-0.4, -0.2) is 10.9 Å². The van der Waals surface area contributed by atoms with Gasteiger partial charge in [-0.05, 0) is 26.2 Å². The van der Waals surface area contributed by atoms with Crippen molar-refractivity contribution >= 4 is 5.78 Å². The summed E-state index contributed by atoms with van der Waals surface area (Å²) in [5, 5.41) is 3.91. The first-order valence-electron chi connectivity index (χ1n) is 5.73. The Morgan fingerprint density at radius 1 is 1.27 bits per heavy atom. The SMILES string of the molecule is Cc1noc2c1C(=O)C1(CCCC1)CC2. The van der Waals surface area contributed by atoms with E-state index in [-0.39, 0.29) is 5.41 Å². The molecule has 3 rings (SSSR count). The quantitative estimate of drug-likeness (QED) is 0.654. The number of fused-ring (bicyclic) bond motifs is 1. The summed E-state index contributed by atoms with van der Waals surface area (Å²) < 4.78 is 5.19. The van der Waals surface area contributed by atoms with Crippen molar-refractivity contribution in [2.75, 3.05) is 0 Å². The lowest BCUT2D eigenvalue weighted by Gasteiger charge is -2.30. The molecule has 0 bridgehead atoms. The van der Waals surface area contributed by atoms with E-state index < -0.39 is 0 Å². The van der Waals surface area contributed by atoms with Crippen molar-refractivity contribution in [1.29, 1.82) is 0 Å². The molecule has 0 atom stereocenters. The molecule has 0 radical (unpaired) electrons. The van der Waals surface area contributed by atoms with Crippen molar-refractivity contribution in [2.45, 2.75) is 45.4 Å². The molecule has 1 aromatic heterocycles. The van der Waals surface area contributed by atoms with Gasteiger partial charge < -0.3 is 4.52 Å². The van der Waals surface area contributed by atoms with Gasteiger partial charge in [0.05, 0.1) is 11.3 Å². The molecule has 1 aromatic rings. The van der Waals surface area contributed by atoms with Gasteiger partial charge in [-0.15, -0.1) is 0 Å². The smallest absolute Gasteiger partial charge is 0.174 e. The van der Waals surface area contributed by atoms with Gasteiger partial charge in [0.2, 0.25) is 0 Å². The van der Waals surface area contributed by atoms with E-state index in [9.17, 15) is 4.79 Å². The Bertz CT molecular complexity index is 413. The number of aryl methyl sites for hydroxylation is 2. The van der Waals surface area contributed by atoms with Crippen LogP contribution in [0.2, 0.25) is 0 Å². The molecule has 3 heteroatoms. The second-order valence-electron chi connectivity index (χ2n) is 4.88. The van der Waals surface area contributed by atoms with Crippen LogP contribution in [0.1, 0.15) is 53.9 Å². The van der Waals surface area contributed by atoms with Gasteiger partial charge in [-0.25, -0.2) is 0 Å². The first-order chi connectivity index (χ1) is 7.23. The maximum Gasteiger partial charge on any atom is 0.174 e. The van der Waals surface area contributed by atoms with Crippen LogP contribution in [0, 0.1) is 12.3 Å². The zero-order valence-electron chi connectivity index (χ0n) is 9.01. The van der Waals surface area contributed by atoms with E-state index in [2.05, 4.69) is 5.16 Å². The zero-order valence-corrected chi connectivity index (χ0v) is 9.01. The van der Waals surface area contributed by atoms with Crippen LogP contribution >= 0.6 is 0 Å². The number of hydrogen-bond donors (Lipinski definition) is 0. The highest BCUT2D eigenvalue weighted by atomic mass is 16.5. The summed E-state index contributed by atoms with van der Waals surface area (Å²) in [5.41, 5.74) is 1.52. The molecule has 15 heavy (non-hydrogen) atoms. The highest BCUT2D eigenvalue weighted by Crippen LogP contribution is 2.48. The minimum Gasteiger partial charge on any atom is -0.360 e. The van der Waals surface area contributed by atoms with Crippen LogP contribution in [0.3, 0.4) is 0 Å². The van der Waals surface area contributed by atoms with E-state index >= 15 is 0 Å². The first-order valence-corrected chi connectivity index (χ1v) is 5.73. The van der Waals surface area contributed by atoms with Crippen LogP contribution in [0.4, 0.5) is 0 Å². The van der Waals surface area contributed by atoms with Crippen LogP contribution in [0.15, 0.2) is 4.52 Å². The monoisotopic (exact) mass is 205 g/mol. The Balaban J connectivity index is 2.08. The number of nitrogens with zero attached hydrogens (tertiary/aromatic N) is 1. The van der Waals surface area contributed by atoms with E-state index in [1.807, 2.05) is 6.92 Å². The molecular weight excluding hydrogens is 190 g/mol. The summed E-state index contributed by atoms with van der Waals surface area (Å²) in [7, 11) is 0. The fourth-order valence-corrected chi connectivity index (χ4v) is 3.14. The van der Waals surface area contributed by atoms with Crippen molar-refractivity contribution < 1.29 is 9.32 Å². The second-order valence-corrected chi connectivity index (χ2v) is 4.88. The standard InChI is InChI=1S/C12H15NO2/c1-8-10-9(15-13-8)4-7-12(11(10)14)5-2-3-6-12/h2-7H2,1H3. The van der Waals surface area contributed by atoms with Gasteiger partial charge in [0, 0.05) is 11.8 Å². The van der Waals surface area contributed by atoms with Gasteiger partial charge in [0.1, 0.15) is 5.76 Å². The van der Waals surface area contributed by atoms with Crippen LogP contribution in [0.25, 0.3) is 0 Å². The molecule has 0 unspecified atom stereocenters. The van der Waals surface area contributed by atoms with Crippen LogP contribution in [0.5, 0.6) is 0 Å². The van der Waals surface area contributed by atoms with Crippen molar-refractivity contribution in [3.63, 3.8) is 0 Å². The lowest BCUT2D eigenvalue weighted by atomic mass is 9.71. The molecular formula is C12H15NO2. The Hall–Kier alpha value is -1.12. The van der Waals surface area contributed by atoms with Gasteiger partial charge in [-0.1, -0.05) is 18.0 Å². The molecule has 0 aromatic carbocycles. The van der Waals surface area contributed by atoms with Gasteiger partial charge in [-0.2, -0.15) is 0 Å². The molecule has 2 aliphatic rings. The molecule has 1 saturated carbocycles. The van der Waals surface area contributed by atoms with Crippen molar-refractivity contribution in [3.05, 3.63) is 17.0 Å². The first kappa shape index (κ1) is 9.13. The average Bonchev–Trinajstić information content (AvgIpc) is 2.81. The van der Waals surface area contributed by atoms with E-state index in [1.54, 1.807) is 0 Å². The van der Waals surface area contributed by atoms with Crippen LogP contribution < -0.4 is 0 Å². The minimum absolute atomic E-state index is 0.0523.